The average molecular weight is 357 g/mol. The van der Waals surface area contributed by atoms with E-state index < -0.39 is 13.5 Å². The lowest BCUT2D eigenvalue weighted by molar-refractivity contribution is -0.114. The molecule has 8 heteroatoms. The van der Waals surface area contributed by atoms with Gasteiger partial charge in [0.25, 0.3) is 0 Å². The van der Waals surface area contributed by atoms with E-state index in [4.69, 9.17) is 18.5 Å². The van der Waals surface area contributed by atoms with E-state index in [1.807, 2.05) is 0 Å². The summed E-state index contributed by atoms with van der Waals surface area (Å²) in [6.07, 6.45) is -0.967. The molecule has 1 aliphatic rings. The van der Waals surface area contributed by atoms with Gasteiger partial charge in [0.1, 0.15) is 19.4 Å². The zero-order valence-corrected chi connectivity index (χ0v) is 15.3. The molecule has 0 aliphatic carbocycles. The molecule has 1 aliphatic heterocycles. The number of hydrogen-bond donors (Lipinski definition) is 1. The number of ether oxygens (including phenoxy) is 2. The molecule has 1 amide bonds. The van der Waals surface area contributed by atoms with Crippen LogP contribution in [0.2, 0.25) is 0 Å². The molecule has 0 radical (unpaired) electrons. The summed E-state index contributed by atoms with van der Waals surface area (Å²) in [5.74, 6) is 0.756. The highest BCUT2D eigenvalue weighted by Crippen LogP contribution is 2.50. The Hall–Kier alpha value is -1.56. The predicted octanol–water partition coefficient (Wildman–Crippen LogP) is 3.44. The SMILES string of the molecule is CC(C)OP(=O)(CC(=O)Nc1ccc2c(c1)OCCO2)OC(C)C. The van der Waals surface area contributed by atoms with Gasteiger partial charge in [-0.1, -0.05) is 0 Å². The van der Waals surface area contributed by atoms with Gasteiger partial charge in [0.2, 0.25) is 5.91 Å². The van der Waals surface area contributed by atoms with E-state index in [-0.39, 0.29) is 18.4 Å². The fraction of sp³-hybridized carbons (Fsp3) is 0.562. The number of carbonyl (C=O) groups is 1. The van der Waals surface area contributed by atoms with Crippen LogP contribution in [0.5, 0.6) is 11.5 Å². The van der Waals surface area contributed by atoms with E-state index in [1.54, 1.807) is 45.9 Å². The van der Waals surface area contributed by atoms with Crippen LogP contribution in [0.4, 0.5) is 5.69 Å². The molecule has 0 spiro atoms. The molecule has 1 N–H and O–H groups in total. The molecule has 7 nitrogen and oxygen atoms in total. The molecular weight excluding hydrogens is 333 g/mol. The number of hydrogen-bond acceptors (Lipinski definition) is 6. The summed E-state index contributed by atoms with van der Waals surface area (Å²) in [7, 11) is -3.52. The molecule has 134 valence electrons. The van der Waals surface area contributed by atoms with Gasteiger partial charge in [0, 0.05) is 11.8 Å². The largest absolute Gasteiger partial charge is 0.486 e. The molecule has 0 unspecified atom stereocenters. The minimum absolute atomic E-state index is 0.309. The van der Waals surface area contributed by atoms with Gasteiger partial charge in [-0.15, -0.1) is 0 Å². The highest BCUT2D eigenvalue weighted by molar-refractivity contribution is 7.55. The van der Waals surface area contributed by atoms with Crippen molar-refractivity contribution in [1.29, 1.82) is 0 Å². The third kappa shape index (κ3) is 5.51. The predicted molar refractivity (Wildman–Crippen MR) is 91.0 cm³/mol. The van der Waals surface area contributed by atoms with Gasteiger partial charge in [0.15, 0.2) is 11.5 Å². The van der Waals surface area contributed by atoms with Crippen LogP contribution < -0.4 is 14.8 Å². The molecule has 0 atom stereocenters. The highest BCUT2D eigenvalue weighted by Gasteiger charge is 2.31. The number of nitrogens with one attached hydrogen (secondary N) is 1. The zero-order valence-electron chi connectivity index (χ0n) is 14.4. The second-order valence-corrected chi connectivity index (χ2v) is 7.94. The van der Waals surface area contributed by atoms with Gasteiger partial charge in [-0.2, -0.15) is 0 Å². The van der Waals surface area contributed by atoms with Crippen molar-refractivity contribution < 1.29 is 27.9 Å². The number of anilines is 1. The molecule has 2 rings (SSSR count). The first-order chi connectivity index (χ1) is 11.3. The lowest BCUT2D eigenvalue weighted by Crippen LogP contribution is -2.21. The van der Waals surface area contributed by atoms with Crippen LogP contribution in [0.25, 0.3) is 0 Å². The number of rotatable bonds is 7. The maximum atomic E-state index is 12.7. The van der Waals surface area contributed by atoms with E-state index >= 15 is 0 Å². The van der Waals surface area contributed by atoms with Crippen molar-refractivity contribution in [3.8, 4) is 11.5 Å². The van der Waals surface area contributed by atoms with Crippen LogP contribution in [0.3, 0.4) is 0 Å². The summed E-state index contributed by atoms with van der Waals surface area (Å²) < 4.78 is 34.4. The van der Waals surface area contributed by atoms with Gasteiger partial charge >= 0.3 is 7.60 Å². The molecule has 0 aromatic heterocycles. The standard InChI is InChI=1S/C16H24NO6P/c1-11(2)22-24(19,23-12(3)4)10-16(18)17-13-5-6-14-15(9-13)21-8-7-20-14/h5-6,9,11-12H,7-8,10H2,1-4H3,(H,17,18). The molecule has 0 saturated carbocycles. The zero-order chi connectivity index (χ0) is 17.7. The van der Waals surface area contributed by atoms with E-state index in [0.29, 0.717) is 30.4 Å². The lowest BCUT2D eigenvalue weighted by Gasteiger charge is -2.22. The molecule has 0 saturated heterocycles. The lowest BCUT2D eigenvalue weighted by atomic mass is 10.2. The normalized spacial score (nSPS) is 14.1. The van der Waals surface area contributed by atoms with Crippen LogP contribution in [0, 0.1) is 0 Å². The number of amides is 1. The van der Waals surface area contributed by atoms with Crippen LogP contribution >= 0.6 is 7.60 Å². The Bertz CT molecular complexity index is 617. The second kappa shape index (κ2) is 8.01. The smallest absolute Gasteiger partial charge is 0.340 e. The summed E-state index contributed by atoms with van der Waals surface area (Å²) in [5, 5.41) is 2.69. The minimum Gasteiger partial charge on any atom is -0.486 e. The maximum absolute atomic E-state index is 12.7. The Morgan fingerprint density at radius 3 is 2.29 bits per heavy atom. The topological polar surface area (TPSA) is 83.1 Å². The summed E-state index contributed by atoms with van der Waals surface area (Å²) >= 11 is 0. The monoisotopic (exact) mass is 357 g/mol. The average Bonchev–Trinajstić information content (AvgIpc) is 2.44. The number of fused-ring (bicyclic) bond motifs is 1. The van der Waals surface area contributed by atoms with Gasteiger partial charge < -0.3 is 23.8 Å². The van der Waals surface area contributed by atoms with Crippen LogP contribution in [-0.2, 0) is 18.4 Å². The highest BCUT2D eigenvalue weighted by atomic mass is 31.2. The third-order valence-electron chi connectivity index (χ3n) is 2.91. The summed E-state index contributed by atoms with van der Waals surface area (Å²) in [6, 6.07) is 5.09. The van der Waals surface area contributed by atoms with Gasteiger partial charge in [0.05, 0.1) is 12.2 Å². The Morgan fingerprint density at radius 2 is 1.71 bits per heavy atom. The second-order valence-electron chi connectivity index (χ2n) is 5.98. The van der Waals surface area contributed by atoms with E-state index in [1.165, 1.54) is 0 Å². The van der Waals surface area contributed by atoms with Gasteiger partial charge in [-0.25, -0.2) is 0 Å². The first-order valence-electron chi connectivity index (χ1n) is 7.93. The fourth-order valence-corrected chi connectivity index (χ4v) is 4.15. The Kier molecular flexibility index (Phi) is 6.27. The van der Waals surface area contributed by atoms with E-state index in [0.717, 1.165) is 0 Å². The van der Waals surface area contributed by atoms with E-state index in [2.05, 4.69) is 5.32 Å². The summed E-state index contributed by atoms with van der Waals surface area (Å²) in [6.45, 7) is 7.94. The van der Waals surface area contributed by atoms with Gasteiger partial charge in [-0.05, 0) is 39.8 Å². The van der Waals surface area contributed by atoms with Crippen molar-refractivity contribution in [2.45, 2.75) is 39.9 Å². The minimum atomic E-state index is -3.52. The van der Waals surface area contributed by atoms with Crippen LogP contribution in [0.15, 0.2) is 18.2 Å². The molecule has 24 heavy (non-hydrogen) atoms. The van der Waals surface area contributed by atoms with Crippen molar-refractivity contribution >= 4 is 19.2 Å². The number of benzene rings is 1. The maximum Gasteiger partial charge on any atom is 0.340 e. The van der Waals surface area contributed by atoms with Crippen molar-refractivity contribution in [1.82, 2.24) is 0 Å². The molecule has 1 heterocycles. The van der Waals surface area contributed by atoms with Crippen molar-refractivity contribution in [3.05, 3.63) is 18.2 Å². The molecular formula is C16H24NO6P. The Morgan fingerprint density at radius 1 is 1.12 bits per heavy atom. The quantitative estimate of drug-likeness (QED) is 0.753. The first-order valence-corrected chi connectivity index (χ1v) is 9.65. The van der Waals surface area contributed by atoms with Gasteiger partial charge in [-0.3, -0.25) is 9.36 Å². The summed E-state index contributed by atoms with van der Waals surface area (Å²) in [4.78, 5) is 12.2. The molecule has 0 fully saturated rings. The Labute approximate surface area is 142 Å². The first kappa shape index (κ1) is 18.8. The van der Waals surface area contributed by atoms with Crippen molar-refractivity contribution in [2.24, 2.45) is 0 Å². The Balaban J connectivity index is 2.03. The van der Waals surface area contributed by atoms with Crippen molar-refractivity contribution in [2.75, 3.05) is 24.7 Å². The molecule has 1 aromatic carbocycles. The molecule has 1 aromatic rings. The third-order valence-corrected chi connectivity index (χ3v) is 5.07. The van der Waals surface area contributed by atoms with Crippen LogP contribution in [0.1, 0.15) is 27.7 Å². The van der Waals surface area contributed by atoms with E-state index in [9.17, 15) is 9.36 Å². The van der Waals surface area contributed by atoms with Crippen LogP contribution in [-0.4, -0.2) is 37.5 Å². The van der Waals surface area contributed by atoms with Crippen molar-refractivity contribution in [3.63, 3.8) is 0 Å². The number of carbonyl (C=O) groups excluding carboxylic acids is 1. The fourth-order valence-electron chi connectivity index (χ4n) is 2.24. The molecule has 0 bridgehead atoms. The summed E-state index contributed by atoms with van der Waals surface area (Å²) in [5.41, 5.74) is 0.532.